The molecular weight excluding hydrogens is 675 g/mol. The van der Waals surface area contributed by atoms with Gasteiger partial charge in [-0.15, -0.1) is 0 Å². The first-order valence-electron chi connectivity index (χ1n) is 18.2. The van der Waals surface area contributed by atoms with Gasteiger partial charge in [-0.05, 0) is 76.1 Å². The van der Waals surface area contributed by atoms with Crippen molar-refractivity contribution in [2.75, 3.05) is 26.7 Å². The lowest BCUT2D eigenvalue weighted by Crippen LogP contribution is -2.60. The molecular formula is C37H51FN6O8. The number of halogens is 1. The summed E-state index contributed by atoms with van der Waals surface area (Å²) in [6.45, 7) is 4.88. The highest BCUT2D eigenvalue weighted by Gasteiger charge is 2.43. The quantitative estimate of drug-likeness (QED) is 0.184. The average Bonchev–Trinajstić information content (AvgIpc) is 3.82. The summed E-state index contributed by atoms with van der Waals surface area (Å²) in [5, 5.41) is 7.93. The zero-order valence-corrected chi connectivity index (χ0v) is 30.4. The number of benzene rings is 1. The number of hydrogen-bond donors (Lipinski definition) is 3. The molecule has 0 radical (unpaired) electrons. The monoisotopic (exact) mass is 726 g/mol. The Morgan fingerprint density at radius 2 is 1.69 bits per heavy atom. The molecule has 3 fully saturated rings. The number of carbonyl (C=O) groups is 7. The lowest BCUT2D eigenvalue weighted by atomic mass is 10.0. The van der Waals surface area contributed by atoms with Crippen LogP contribution in [0.4, 0.5) is 4.39 Å². The summed E-state index contributed by atoms with van der Waals surface area (Å²) < 4.78 is 19.7. The lowest BCUT2D eigenvalue weighted by molar-refractivity contribution is -0.158. The van der Waals surface area contributed by atoms with Crippen LogP contribution in [0.25, 0.3) is 0 Å². The lowest BCUT2D eigenvalue weighted by Gasteiger charge is -2.34. The number of likely N-dealkylation sites (N-methyl/N-ethyl adjacent to an activating group) is 1. The van der Waals surface area contributed by atoms with E-state index in [4.69, 9.17) is 4.74 Å². The molecule has 3 heterocycles. The fourth-order valence-electron chi connectivity index (χ4n) is 6.75. The Morgan fingerprint density at radius 3 is 2.38 bits per heavy atom. The van der Waals surface area contributed by atoms with Gasteiger partial charge in [-0.2, -0.15) is 0 Å². The van der Waals surface area contributed by atoms with Crippen molar-refractivity contribution in [3.05, 3.63) is 47.8 Å². The first-order valence-corrected chi connectivity index (χ1v) is 18.2. The molecule has 1 aromatic carbocycles. The van der Waals surface area contributed by atoms with Gasteiger partial charge in [0.1, 0.15) is 48.7 Å². The van der Waals surface area contributed by atoms with E-state index in [1.807, 2.05) is 0 Å². The second kappa shape index (κ2) is 18.6. The molecule has 3 saturated heterocycles. The summed E-state index contributed by atoms with van der Waals surface area (Å²) in [6, 6.07) is -1.11. The third-order valence-corrected chi connectivity index (χ3v) is 9.88. The second-order valence-corrected chi connectivity index (χ2v) is 13.7. The van der Waals surface area contributed by atoms with E-state index in [1.54, 1.807) is 12.1 Å². The number of nitrogens with one attached hydrogen (secondary N) is 3. The summed E-state index contributed by atoms with van der Waals surface area (Å²) in [5.74, 6) is -4.97. The molecule has 0 unspecified atom stereocenters. The maximum absolute atomic E-state index is 14.2. The highest BCUT2D eigenvalue weighted by Crippen LogP contribution is 2.23. The van der Waals surface area contributed by atoms with Crippen LogP contribution in [-0.4, -0.2) is 119 Å². The summed E-state index contributed by atoms with van der Waals surface area (Å²) in [4.78, 5) is 98.6. The fraction of sp³-hybridized carbons (Fsp3) is 0.595. The van der Waals surface area contributed by atoms with Gasteiger partial charge in [0.05, 0.1) is 0 Å². The molecule has 0 spiro atoms. The Bertz CT molecular complexity index is 1540. The van der Waals surface area contributed by atoms with Crippen LogP contribution in [-0.2, 0) is 44.7 Å². The van der Waals surface area contributed by atoms with Gasteiger partial charge in [-0.25, -0.2) is 9.18 Å². The maximum atomic E-state index is 14.2. The second-order valence-electron chi connectivity index (χ2n) is 13.7. The van der Waals surface area contributed by atoms with Crippen molar-refractivity contribution in [2.45, 2.75) is 115 Å². The minimum atomic E-state index is -1.48. The minimum Gasteiger partial charge on any atom is -0.461 e. The molecule has 3 aliphatic rings. The SMILES string of the molecule is CCCCCC=CC(=O)N[C@@H](Cc1cccc(F)c1)C(=O)N[C@H]1COC(=O)[C@@H]2CCCN2C(=O)[C@H](C)NC(=O)[C@H](C)N(C)C(=O)[C@@H]2CCCN2C1=O. The number of carbonyl (C=O) groups excluding carboxylic acids is 7. The number of unbranched alkanes of at least 4 members (excludes halogenated alkanes) is 3. The van der Waals surface area contributed by atoms with Crippen molar-refractivity contribution >= 4 is 41.4 Å². The number of fused-ring (bicyclic) bond motifs is 2. The van der Waals surface area contributed by atoms with Gasteiger partial charge in [0, 0.05) is 26.6 Å². The number of rotatable bonds is 10. The molecule has 0 bridgehead atoms. The highest BCUT2D eigenvalue weighted by molar-refractivity contribution is 5.98. The predicted molar refractivity (Wildman–Crippen MR) is 188 cm³/mol. The molecule has 0 aromatic heterocycles. The summed E-state index contributed by atoms with van der Waals surface area (Å²) in [7, 11) is 1.44. The fourth-order valence-corrected chi connectivity index (χ4v) is 6.75. The van der Waals surface area contributed by atoms with Crippen LogP contribution in [0.2, 0.25) is 0 Å². The van der Waals surface area contributed by atoms with Crippen LogP contribution >= 0.6 is 0 Å². The molecule has 1 aromatic rings. The first kappa shape index (κ1) is 40.0. The average molecular weight is 727 g/mol. The van der Waals surface area contributed by atoms with Crippen LogP contribution in [0.15, 0.2) is 36.4 Å². The number of nitrogens with zero attached hydrogens (tertiary/aromatic N) is 3. The molecule has 14 nitrogen and oxygen atoms in total. The van der Waals surface area contributed by atoms with E-state index in [9.17, 15) is 38.0 Å². The van der Waals surface area contributed by atoms with Gasteiger partial charge in [0.25, 0.3) is 0 Å². The van der Waals surface area contributed by atoms with E-state index in [0.29, 0.717) is 37.7 Å². The van der Waals surface area contributed by atoms with E-state index in [-0.39, 0.29) is 19.5 Å². The van der Waals surface area contributed by atoms with Crippen LogP contribution in [0.3, 0.4) is 0 Å². The van der Waals surface area contributed by atoms with Gasteiger partial charge in [-0.1, -0.05) is 38.0 Å². The molecule has 284 valence electrons. The molecule has 6 atom stereocenters. The van der Waals surface area contributed by atoms with E-state index in [2.05, 4.69) is 22.9 Å². The molecule has 0 aliphatic carbocycles. The Hall–Kier alpha value is -4.82. The van der Waals surface area contributed by atoms with Crippen LogP contribution in [0.1, 0.15) is 77.7 Å². The van der Waals surface area contributed by atoms with Crippen molar-refractivity contribution in [3.8, 4) is 0 Å². The molecule has 15 heteroatoms. The molecule has 3 aliphatic heterocycles. The van der Waals surface area contributed by atoms with Gasteiger partial charge in [0.2, 0.25) is 35.4 Å². The number of ether oxygens (including phenoxy) is 1. The molecule has 52 heavy (non-hydrogen) atoms. The predicted octanol–water partition coefficient (Wildman–Crippen LogP) is 1.36. The topological polar surface area (TPSA) is 175 Å². The van der Waals surface area contributed by atoms with Gasteiger partial charge < -0.3 is 35.4 Å². The minimum absolute atomic E-state index is 0.118. The zero-order chi connectivity index (χ0) is 37.9. The number of hydrogen-bond acceptors (Lipinski definition) is 8. The van der Waals surface area contributed by atoms with E-state index in [1.165, 1.54) is 59.9 Å². The third-order valence-electron chi connectivity index (χ3n) is 9.88. The van der Waals surface area contributed by atoms with Gasteiger partial charge >= 0.3 is 5.97 Å². The van der Waals surface area contributed by atoms with Crippen molar-refractivity contribution in [1.29, 1.82) is 0 Å². The summed E-state index contributed by atoms with van der Waals surface area (Å²) in [5.41, 5.74) is 0.412. The third kappa shape index (κ3) is 10.2. The van der Waals surface area contributed by atoms with Crippen molar-refractivity contribution < 1.29 is 42.7 Å². The molecule has 3 N–H and O–H groups in total. The Balaban J connectivity index is 1.64. The number of cyclic esters (lactones) is 1. The van der Waals surface area contributed by atoms with Crippen LogP contribution < -0.4 is 16.0 Å². The van der Waals surface area contributed by atoms with Gasteiger partial charge in [0.15, 0.2) is 0 Å². The van der Waals surface area contributed by atoms with Crippen LogP contribution in [0.5, 0.6) is 0 Å². The van der Waals surface area contributed by atoms with E-state index >= 15 is 0 Å². The number of allylic oxidation sites excluding steroid dienone is 1. The number of esters is 1. The Labute approximate surface area is 303 Å². The van der Waals surface area contributed by atoms with E-state index in [0.717, 1.165) is 19.3 Å². The number of amides is 6. The highest BCUT2D eigenvalue weighted by atomic mass is 19.1. The standard InChI is InChI=1S/C37H51FN6O8/c1-5-6-7-8-9-17-31(45)40-27(21-25-13-10-14-26(38)20-25)33(47)41-28-22-52-37(51)30-16-12-19-44(30)34(48)23(2)39-32(46)24(3)42(4)36(50)29-15-11-18-43(29)35(28)49/h9-10,13-14,17,20,23-24,27-30H,5-8,11-12,15-16,18-19,21-22H2,1-4H3,(H,39,46)(H,40,45)(H,41,47)/t23-,24-,27-,28-,29-,30-/m0/s1. The Morgan fingerprint density at radius 1 is 1.00 bits per heavy atom. The first-order chi connectivity index (χ1) is 24.8. The zero-order valence-electron chi connectivity index (χ0n) is 30.4. The van der Waals surface area contributed by atoms with E-state index < -0.39 is 90.1 Å². The summed E-state index contributed by atoms with van der Waals surface area (Å²) >= 11 is 0. The largest absolute Gasteiger partial charge is 0.461 e. The summed E-state index contributed by atoms with van der Waals surface area (Å²) in [6.07, 6.45) is 8.04. The van der Waals surface area contributed by atoms with Crippen molar-refractivity contribution in [3.63, 3.8) is 0 Å². The van der Waals surface area contributed by atoms with Crippen LogP contribution in [0, 0.1) is 5.82 Å². The maximum Gasteiger partial charge on any atom is 0.328 e. The smallest absolute Gasteiger partial charge is 0.328 e. The Kier molecular flexibility index (Phi) is 14.3. The van der Waals surface area contributed by atoms with Crippen molar-refractivity contribution in [2.24, 2.45) is 0 Å². The molecule has 4 rings (SSSR count). The van der Waals surface area contributed by atoms with Crippen molar-refractivity contribution in [1.82, 2.24) is 30.7 Å². The normalized spacial score (nSPS) is 25.4. The molecule has 6 amide bonds. The molecule has 0 saturated carbocycles. The van der Waals surface area contributed by atoms with Gasteiger partial charge in [-0.3, -0.25) is 28.8 Å².